The molecule has 0 N–H and O–H groups in total. The lowest BCUT2D eigenvalue weighted by molar-refractivity contribution is 0.560. The highest BCUT2D eigenvalue weighted by Gasteiger charge is 2.24. The summed E-state index contributed by atoms with van der Waals surface area (Å²) >= 11 is 6.07. The molecule has 0 unspecified atom stereocenters. The number of fused-ring (bicyclic) bond motifs is 1. The molecule has 0 atom stereocenters. The first kappa shape index (κ1) is 17.0. The van der Waals surface area contributed by atoms with Gasteiger partial charge in [-0.2, -0.15) is 4.80 Å². The van der Waals surface area contributed by atoms with Crippen LogP contribution in [-0.4, -0.2) is 15.0 Å². The van der Waals surface area contributed by atoms with Gasteiger partial charge < -0.3 is 0 Å². The molecule has 1 heterocycles. The molecule has 0 aliphatic heterocycles. The molecule has 0 spiro atoms. The van der Waals surface area contributed by atoms with E-state index in [1.165, 1.54) is 11.1 Å². The summed E-state index contributed by atoms with van der Waals surface area (Å²) in [5, 5.41) is 9.94. The number of benzene rings is 2. The Morgan fingerprint density at radius 1 is 0.792 bits per heavy atom. The lowest BCUT2D eigenvalue weighted by Crippen LogP contribution is -2.19. The first-order chi connectivity index (χ1) is 11.1. The molecule has 126 valence electrons. The van der Waals surface area contributed by atoms with E-state index in [2.05, 4.69) is 69.9 Å². The summed E-state index contributed by atoms with van der Waals surface area (Å²) in [5.41, 5.74) is 5.32. The van der Waals surface area contributed by atoms with Crippen LogP contribution >= 0.6 is 11.6 Å². The molecule has 0 saturated carbocycles. The van der Waals surface area contributed by atoms with E-state index in [0.29, 0.717) is 5.02 Å². The van der Waals surface area contributed by atoms with Crippen molar-refractivity contribution in [2.45, 2.75) is 52.4 Å². The average molecular weight is 342 g/mol. The van der Waals surface area contributed by atoms with Gasteiger partial charge in [-0.05, 0) is 46.2 Å². The standard InChI is InChI=1S/C20H24ClN3/c1-19(2,3)13-7-10-18(15(11-13)20(4,5)6)24-22-16-9-8-14(21)12-17(16)23-24/h7-12H,1-6H3. The Morgan fingerprint density at radius 2 is 1.46 bits per heavy atom. The van der Waals surface area contributed by atoms with Crippen LogP contribution in [0.4, 0.5) is 0 Å². The van der Waals surface area contributed by atoms with Gasteiger partial charge in [-0.25, -0.2) is 0 Å². The fourth-order valence-corrected chi connectivity index (χ4v) is 2.94. The Hall–Kier alpha value is -1.87. The van der Waals surface area contributed by atoms with Crippen LogP contribution in [0.3, 0.4) is 0 Å². The minimum atomic E-state index is -0.00590. The summed E-state index contributed by atoms with van der Waals surface area (Å²) in [7, 11) is 0. The minimum absolute atomic E-state index is 0.00590. The summed E-state index contributed by atoms with van der Waals surface area (Å²) in [6.07, 6.45) is 0. The van der Waals surface area contributed by atoms with Crippen LogP contribution < -0.4 is 0 Å². The maximum Gasteiger partial charge on any atom is 0.115 e. The number of hydrogen-bond donors (Lipinski definition) is 0. The predicted octanol–water partition coefficient (Wildman–Crippen LogP) is 5.67. The SMILES string of the molecule is CC(C)(C)c1ccc(-n2nc3ccc(Cl)cc3n2)c(C(C)(C)C)c1. The third kappa shape index (κ3) is 3.18. The summed E-state index contributed by atoms with van der Waals surface area (Å²) < 4.78 is 0. The number of hydrogen-bond acceptors (Lipinski definition) is 2. The van der Waals surface area contributed by atoms with E-state index in [1.54, 1.807) is 4.80 Å². The van der Waals surface area contributed by atoms with Gasteiger partial charge in [0.15, 0.2) is 0 Å². The topological polar surface area (TPSA) is 30.7 Å². The van der Waals surface area contributed by atoms with Crippen molar-refractivity contribution < 1.29 is 0 Å². The highest BCUT2D eigenvalue weighted by Crippen LogP contribution is 2.33. The number of rotatable bonds is 1. The molecule has 24 heavy (non-hydrogen) atoms. The van der Waals surface area contributed by atoms with Crippen LogP contribution in [0.5, 0.6) is 0 Å². The smallest absolute Gasteiger partial charge is 0.115 e. The van der Waals surface area contributed by atoms with E-state index in [9.17, 15) is 0 Å². The van der Waals surface area contributed by atoms with Gasteiger partial charge in [0.25, 0.3) is 0 Å². The normalized spacial score (nSPS) is 12.8. The first-order valence-corrected chi connectivity index (χ1v) is 8.61. The molecule has 0 aliphatic carbocycles. The van der Waals surface area contributed by atoms with Crippen LogP contribution in [0, 0.1) is 0 Å². The molecule has 3 nitrogen and oxygen atoms in total. The molecule has 0 bridgehead atoms. The van der Waals surface area contributed by atoms with E-state index < -0.39 is 0 Å². The van der Waals surface area contributed by atoms with Crippen molar-refractivity contribution in [1.82, 2.24) is 15.0 Å². The van der Waals surface area contributed by atoms with Crippen molar-refractivity contribution in [3.63, 3.8) is 0 Å². The van der Waals surface area contributed by atoms with Crippen LogP contribution in [0.1, 0.15) is 52.7 Å². The lowest BCUT2D eigenvalue weighted by Gasteiger charge is -2.26. The van der Waals surface area contributed by atoms with Crippen LogP contribution in [0.2, 0.25) is 5.02 Å². The van der Waals surface area contributed by atoms with E-state index >= 15 is 0 Å². The fourth-order valence-electron chi connectivity index (χ4n) is 2.77. The molecular weight excluding hydrogens is 318 g/mol. The van der Waals surface area contributed by atoms with Gasteiger partial charge in [0, 0.05) is 5.02 Å². The lowest BCUT2D eigenvalue weighted by atomic mass is 9.80. The zero-order valence-corrected chi connectivity index (χ0v) is 15.9. The molecular formula is C20H24ClN3. The minimum Gasteiger partial charge on any atom is -0.150 e. The van der Waals surface area contributed by atoms with Crippen LogP contribution in [0.25, 0.3) is 16.7 Å². The Morgan fingerprint density at radius 3 is 2.08 bits per heavy atom. The van der Waals surface area contributed by atoms with Gasteiger partial charge in [-0.15, -0.1) is 10.2 Å². The number of aromatic nitrogens is 3. The van der Waals surface area contributed by atoms with Crippen molar-refractivity contribution in [3.8, 4) is 5.69 Å². The molecule has 3 aromatic rings. The van der Waals surface area contributed by atoms with Gasteiger partial charge in [0.2, 0.25) is 0 Å². The fraction of sp³-hybridized carbons (Fsp3) is 0.400. The van der Waals surface area contributed by atoms with Gasteiger partial charge in [0.1, 0.15) is 11.0 Å². The molecule has 1 aromatic heterocycles. The highest BCUT2D eigenvalue weighted by atomic mass is 35.5. The molecule has 0 amide bonds. The quantitative estimate of drug-likeness (QED) is 0.571. The van der Waals surface area contributed by atoms with E-state index in [1.807, 2.05) is 18.2 Å². The molecule has 2 aromatic carbocycles. The van der Waals surface area contributed by atoms with Gasteiger partial charge in [-0.3, -0.25) is 0 Å². The maximum atomic E-state index is 6.07. The van der Waals surface area contributed by atoms with Gasteiger partial charge in [0.05, 0.1) is 5.69 Å². The molecule has 0 aliphatic rings. The predicted molar refractivity (Wildman–Crippen MR) is 101 cm³/mol. The zero-order chi connectivity index (χ0) is 17.7. The molecule has 0 fully saturated rings. The van der Waals surface area contributed by atoms with Crippen molar-refractivity contribution >= 4 is 22.6 Å². The van der Waals surface area contributed by atoms with E-state index in [4.69, 9.17) is 11.6 Å². The van der Waals surface area contributed by atoms with Crippen molar-refractivity contribution in [1.29, 1.82) is 0 Å². The molecule has 3 rings (SSSR count). The average Bonchev–Trinajstić information content (AvgIpc) is 2.87. The molecule has 0 saturated heterocycles. The zero-order valence-electron chi connectivity index (χ0n) is 15.2. The second kappa shape index (κ2) is 5.59. The number of halogens is 1. The summed E-state index contributed by atoms with van der Waals surface area (Å²) in [5.74, 6) is 0. The third-order valence-corrected chi connectivity index (χ3v) is 4.46. The molecule has 4 heteroatoms. The summed E-state index contributed by atoms with van der Waals surface area (Å²) in [6, 6.07) is 12.2. The van der Waals surface area contributed by atoms with Crippen LogP contribution in [-0.2, 0) is 10.8 Å². The van der Waals surface area contributed by atoms with Gasteiger partial charge >= 0.3 is 0 Å². The number of nitrogens with zero attached hydrogens (tertiary/aromatic N) is 3. The molecule has 0 radical (unpaired) electrons. The van der Waals surface area contributed by atoms with Crippen molar-refractivity contribution in [2.75, 3.05) is 0 Å². The van der Waals surface area contributed by atoms with E-state index in [-0.39, 0.29) is 10.8 Å². The van der Waals surface area contributed by atoms with Crippen molar-refractivity contribution in [3.05, 3.63) is 52.5 Å². The Balaban J connectivity index is 2.22. The highest BCUT2D eigenvalue weighted by molar-refractivity contribution is 6.31. The summed E-state index contributed by atoms with van der Waals surface area (Å²) in [4.78, 5) is 1.73. The monoisotopic (exact) mass is 341 g/mol. The Kier molecular flexibility index (Phi) is 3.95. The van der Waals surface area contributed by atoms with Crippen LogP contribution in [0.15, 0.2) is 36.4 Å². The Bertz CT molecular complexity index is 895. The summed E-state index contributed by atoms with van der Waals surface area (Å²) in [6.45, 7) is 13.4. The Labute approximate surface area is 148 Å². The van der Waals surface area contributed by atoms with E-state index in [0.717, 1.165) is 16.7 Å². The van der Waals surface area contributed by atoms with Gasteiger partial charge in [-0.1, -0.05) is 65.3 Å². The largest absolute Gasteiger partial charge is 0.150 e. The maximum absolute atomic E-state index is 6.07. The second-order valence-corrected chi connectivity index (χ2v) is 8.79. The second-order valence-electron chi connectivity index (χ2n) is 8.35. The third-order valence-electron chi connectivity index (χ3n) is 4.23. The first-order valence-electron chi connectivity index (χ1n) is 8.24. The van der Waals surface area contributed by atoms with Crippen molar-refractivity contribution in [2.24, 2.45) is 0 Å².